The molecule has 0 unspecified atom stereocenters. The highest BCUT2D eigenvalue weighted by molar-refractivity contribution is 9.11. The van der Waals surface area contributed by atoms with Crippen molar-refractivity contribution < 1.29 is 0 Å². The van der Waals surface area contributed by atoms with Crippen molar-refractivity contribution in [2.75, 3.05) is 0 Å². The molecule has 1 aliphatic heterocycles. The van der Waals surface area contributed by atoms with Crippen molar-refractivity contribution in [2.45, 2.75) is 88.3 Å². The highest BCUT2D eigenvalue weighted by Gasteiger charge is 2.60. The summed E-state index contributed by atoms with van der Waals surface area (Å²) < 4.78 is 2.15. The Balaban J connectivity index is 1.87. The van der Waals surface area contributed by atoms with Crippen molar-refractivity contribution in [1.82, 2.24) is 4.98 Å². The topological polar surface area (TPSA) is 25.2 Å². The van der Waals surface area contributed by atoms with Crippen LogP contribution in [0.3, 0.4) is 0 Å². The van der Waals surface area contributed by atoms with E-state index in [2.05, 4.69) is 75.4 Å². The Morgan fingerprint density at radius 3 is 1.82 bits per heavy atom. The summed E-state index contributed by atoms with van der Waals surface area (Å²) in [6.07, 6.45) is 14.2. The van der Waals surface area contributed by atoms with Crippen LogP contribution in [0.2, 0.25) is 0 Å². The van der Waals surface area contributed by atoms with E-state index < -0.39 is 0 Å². The lowest BCUT2D eigenvalue weighted by Gasteiger charge is -2.43. The summed E-state index contributed by atoms with van der Waals surface area (Å²) in [5.41, 5.74) is -0.172. The molecule has 4 heterocycles. The molecule has 0 aliphatic carbocycles. The van der Waals surface area contributed by atoms with Gasteiger partial charge < -0.3 is 0 Å². The molecule has 0 saturated carbocycles. The molecule has 184 valence electrons. The predicted molar refractivity (Wildman–Crippen MR) is 161 cm³/mol. The molecule has 4 rings (SSSR count). The smallest absolute Gasteiger partial charge is 0.147 e. The number of aliphatic imine (C=N–C) groups is 1. The first-order valence-electron chi connectivity index (χ1n) is 12.2. The molecule has 0 N–H and O–H groups in total. The third-order valence-corrected chi connectivity index (χ3v) is 12.8. The first-order chi connectivity index (χ1) is 16.5. The Morgan fingerprint density at radius 2 is 1.38 bits per heavy atom. The predicted octanol–water partition coefficient (Wildman–Crippen LogP) is 10.9. The van der Waals surface area contributed by atoms with Gasteiger partial charge in [0.15, 0.2) is 0 Å². The molecular weight excluding hydrogens is 628 g/mol. The second-order valence-corrected chi connectivity index (χ2v) is 15.9. The van der Waals surface area contributed by atoms with E-state index in [-0.39, 0.29) is 10.3 Å². The highest BCUT2D eigenvalue weighted by Crippen LogP contribution is 2.64. The number of rotatable bonds is 13. The normalized spacial score (nSPS) is 16.8. The first kappa shape index (κ1) is 27.1. The van der Waals surface area contributed by atoms with Crippen LogP contribution in [-0.2, 0) is 4.75 Å². The minimum Gasteiger partial charge on any atom is -0.266 e. The van der Waals surface area contributed by atoms with Gasteiger partial charge >= 0.3 is 0 Å². The van der Waals surface area contributed by atoms with Gasteiger partial charge in [0.05, 0.1) is 13.1 Å². The first-order valence-corrected chi connectivity index (χ1v) is 17.2. The van der Waals surface area contributed by atoms with Crippen molar-refractivity contribution in [3.05, 3.63) is 58.2 Å². The largest absolute Gasteiger partial charge is 0.266 e. The Bertz CT molecular complexity index is 1020. The van der Waals surface area contributed by atoms with Crippen LogP contribution in [0.15, 0.2) is 48.4 Å². The monoisotopic (exact) mass is 658 g/mol. The van der Waals surface area contributed by atoms with E-state index in [9.17, 15) is 0 Å². The molecular formula is C26H32Br2N2S4. The van der Waals surface area contributed by atoms with E-state index in [0.717, 1.165) is 22.9 Å². The Hall–Kier alpha value is 0.01000. The Morgan fingerprint density at radius 1 is 0.794 bits per heavy atom. The Labute approximate surface area is 237 Å². The van der Waals surface area contributed by atoms with E-state index in [0.29, 0.717) is 0 Å². The van der Waals surface area contributed by atoms with Gasteiger partial charge in [-0.1, -0.05) is 77.0 Å². The van der Waals surface area contributed by atoms with Crippen LogP contribution in [0.1, 0.15) is 92.8 Å². The molecule has 0 aromatic carbocycles. The van der Waals surface area contributed by atoms with Crippen LogP contribution in [0, 0.1) is 0 Å². The van der Waals surface area contributed by atoms with Gasteiger partial charge in [0, 0.05) is 21.3 Å². The quantitative estimate of drug-likeness (QED) is 0.171. The average molecular weight is 661 g/mol. The van der Waals surface area contributed by atoms with Gasteiger partial charge in [0.2, 0.25) is 0 Å². The molecule has 0 fully saturated rings. The van der Waals surface area contributed by atoms with Crippen LogP contribution in [0.4, 0.5) is 0 Å². The van der Waals surface area contributed by atoms with Crippen LogP contribution in [0.25, 0.3) is 0 Å². The van der Waals surface area contributed by atoms with E-state index in [4.69, 9.17) is 9.98 Å². The van der Waals surface area contributed by atoms with Crippen LogP contribution >= 0.6 is 77.6 Å². The van der Waals surface area contributed by atoms with Gasteiger partial charge in [0.1, 0.15) is 14.8 Å². The fraction of sp³-hybridized carbons (Fsp3) is 0.538. The zero-order valence-electron chi connectivity index (χ0n) is 19.8. The molecule has 3 aromatic heterocycles. The number of hydrogen-bond donors (Lipinski definition) is 0. The number of unbranched alkanes of at least 4 members (excludes halogenated alkanes) is 6. The SMILES string of the molecule is CCCCCCC1(CCCCCC)N=C(c2nccs2)SC1(c1ccc(Br)s1)c1ccc(Br)s1. The lowest BCUT2D eigenvalue weighted by atomic mass is 9.74. The van der Waals surface area contributed by atoms with Gasteiger partial charge in [-0.05, 0) is 69.0 Å². The third-order valence-electron chi connectivity index (χ3n) is 6.56. The maximum atomic E-state index is 5.69. The minimum absolute atomic E-state index is 0.172. The molecule has 8 heteroatoms. The minimum atomic E-state index is -0.222. The van der Waals surface area contributed by atoms with Gasteiger partial charge in [0.25, 0.3) is 0 Å². The molecule has 3 aromatic rings. The fourth-order valence-corrected chi connectivity index (χ4v) is 10.9. The molecule has 0 amide bonds. The van der Waals surface area contributed by atoms with Crippen LogP contribution in [-0.4, -0.2) is 15.6 Å². The molecule has 34 heavy (non-hydrogen) atoms. The fourth-order valence-electron chi connectivity index (χ4n) is 4.92. The van der Waals surface area contributed by atoms with Crippen molar-refractivity contribution >= 4 is 82.7 Å². The summed E-state index contributed by atoms with van der Waals surface area (Å²) in [5.74, 6) is 0. The number of thioether (sulfide) groups is 1. The molecule has 0 radical (unpaired) electrons. The van der Waals surface area contributed by atoms with Gasteiger partial charge in [-0.2, -0.15) is 0 Å². The maximum absolute atomic E-state index is 5.69. The lowest BCUT2D eigenvalue weighted by Crippen LogP contribution is -2.45. The second kappa shape index (κ2) is 12.5. The highest BCUT2D eigenvalue weighted by atomic mass is 79.9. The van der Waals surface area contributed by atoms with Crippen molar-refractivity contribution in [1.29, 1.82) is 0 Å². The van der Waals surface area contributed by atoms with E-state index >= 15 is 0 Å². The van der Waals surface area contributed by atoms with Crippen LogP contribution in [0.5, 0.6) is 0 Å². The van der Waals surface area contributed by atoms with Gasteiger partial charge in [-0.3, -0.25) is 4.99 Å². The summed E-state index contributed by atoms with van der Waals surface area (Å²) in [4.78, 5) is 13.2. The number of nitrogens with zero attached hydrogens (tertiary/aromatic N) is 2. The molecule has 0 saturated heterocycles. The molecule has 0 bridgehead atoms. The molecule has 0 atom stereocenters. The van der Waals surface area contributed by atoms with E-state index in [1.165, 1.54) is 68.7 Å². The number of thiazole rings is 1. The number of hydrogen-bond acceptors (Lipinski definition) is 6. The summed E-state index contributed by atoms with van der Waals surface area (Å²) >= 11 is 15.0. The summed E-state index contributed by atoms with van der Waals surface area (Å²) in [5, 5.41) is 4.26. The van der Waals surface area contributed by atoms with Crippen molar-refractivity contribution in [2.24, 2.45) is 4.99 Å². The average Bonchev–Trinajstić information content (AvgIpc) is 3.62. The van der Waals surface area contributed by atoms with Crippen molar-refractivity contribution in [3.8, 4) is 0 Å². The summed E-state index contributed by atoms with van der Waals surface area (Å²) in [6, 6.07) is 9.10. The van der Waals surface area contributed by atoms with Gasteiger partial charge in [-0.15, -0.1) is 34.0 Å². The summed E-state index contributed by atoms with van der Waals surface area (Å²) in [7, 11) is 0. The molecule has 0 spiro atoms. The van der Waals surface area contributed by atoms with Crippen molar-refractivity contribution in [3.63, 3.8) is 0 Å². The van der Waals surface area contributed by atoms with Crippen LogP contribution < -0.4 is 0 Å². The summed E-state index contributed by atoms with van der Waals surface area (Å²) in [6.45, 7) is 4.59. The molecule has 1 aliphatic rings. The number of thiophene rings is 2. The van der Waals surface area contributed by atoms with E-state index in [1.807, 2.05) is 40.6 Å². The maximum Gasteiger partial charge on any atom is 0.147 e. The third kappa shape index (κ3) is 5.62. The standard InChI is InChI=1S/C26H32Br2N2S4/c1-3-5-7-9-15-25(16-10-8-6-4-2)26(19-11-13-21(27)32-19,20-12-14-22(28)33-20)34-24(30-25)23-29-17-18-31-23/h11-14,17-18H,3-10,15-16H2,1-2H3. The Kier molecular flexibility index (Phi) is 9.95. The zero-order valence-corrected chi connectivity index (χ0v) is 26.3. The molecule has 2 nitrogen and oxygen atoms in total. The lowest BCUT2D eigenvalue weighted by molar-refractivity contribution is 0.294. The zero-order chi connectivity index (χ0) is 24.0. The number of halogens is 2. The van der Waals surface area contributed by atoms with E-state index in [1.54, 1.807) is 11.3 Å². The van der Waals surface area contributed by atoms with Gasteiger partial charge in [-0.25, -0.2) is 4.98 Å². The number of aromatic nitrogens is 1. The second-order valence-electron chi connectivity index (χ2n) is 8.90.